The Hall–Kier alpha value is -0.380. The molecule has 1 aromatic heterocycles. The summed E-state index contributed by atoms with van der Waals surface area (Å²) < 4.78 is 0. The minimum Gasteiger partial charge on any atom is -0.313 e. The molecule has 0 saturated carbocycles. The lowest BCUT2D eigenvalue weighted by molar-refractivity contribution is 0.470. The predicted octanol–water partition coefficient (Wildman–Crippen LogP) is 2.37. The smallest absolute Gasteiger partial charge is 0.0214 e. The second kappa shape index (κ2) is 6.26. The number of hydrogen-bond acceptors (Lipinski definition) is 3. The fourth-order valence-electron chi connectivity index (χ4n) is 2.06. The highest BCUT2D eigenvalue weighted by molar-refractivity contribution is 7.07. The summed E-state index contributed by atoms with van der Waals surface area (Å²) >= 11 is 1.77. The summed E-state index contributed by atoms with van der Waals surface area (Å²) in [6.45, 7) is 3.32. The van der Waals surface area contributed by atoms with Gasteiger partial charge in [0.15, 0.2) is 0 Å². The molecule has 1 unspecified atom stereocenters. The van der Waals surface area contributed by atoms with Crippen molar-refractivity contribution >= 4 is 11.3 Å². The van der Waals surface area contributed by atoms with Crippen LogP contribution in [0, 0.1) is 0 Å². The van der Waals surface area contributed by atoms with E-state index in [2.05, 4.69) is 27.5 Å². The van der Waals surface area contributed by atoms with E-state index in [1.54, 1.807) is 11.3 Å². The maximum absolute atomic E-state index is 3.60. The van der Waals surface area contributed by atoms with Gasteiger partial charge in [-0.1, -0.05) is 12.8 Å². The van der Waals surface area contributed by atoms with Gasteiger partial charge in [0.25, 0.3) is 0 Å². The summed E-state index contributed by atoms with van der Waals surface area (Å²) in [5.41, 5.74) is 1.41. The first kappa shape index (κ1) is 11.1. The SMILES string of the molecule is c1cc(CNCC2CCCCCN2)cs1. The molecule has 1 fully saturated rings. The van der Waals surface area contributed by atoms with Crippen LogP contribution in [-0.4, -0.2) is 19.1 Å². The molecule has 1 saturated heterocycles. The highest BCUT2D eigenvalue weighted by Gasteiger charge is 2.10. The Kier molecular flexibility index (Phi) is 4.64. The van der Waals surface area contributed by atoms with E-state index in [4.69, 9.17) is 0 Å². The Morgan fingerprint density at radius 2 is 2.40 bits per heavy atom. The normalized spacial score (nSPS) is 22.5. The average Bonchev–Trinajstić information content (AvgIpc) is 2.62. The van der Waals surface area contributed by atoms with E-state index in [0.29, 0.717) is 6.04 Å². The molecule has 0 radical (unpaired) electrons. The summed E-state index contributed by atoms with van der Waals surface area (Å²) in [5.74, 6) is 0. The van der Waals surface area contributed by atoms with Crippen LogP contribution in [0.5, 0.6) is 0 Å². The quantitative estimate of drug-likeness (QED) is 0.820. The molecule has 2 nitrogen and oxygen atoms in total. The van der Waals surface area contributed by atoms with Gasteiger partial charge in [0.05, 0.1) is 0 Å². The standard InChI is InChI=1S/C12H20N2S/c1-2-4-12(14-6-3-1)9-13-8-11-5-7-15-10-11/h5,7,10,12-14H,1-4,6,8-9H2. The van der Waals surface area contributed by atoms with Crippen LogP contribution < -0.4 is 10.6 Å². The van der Waals surface area contributed by atoms with Crippen LogP contribution in [0.3, 0.4) is 0 Å². The zero-order valence-electron chi connectivity index (χ0n) is 9.17. The molecule has 0 amide bonds. The van der Waals surface area contributed by atoms with Crippen molar-refractivity contribution < 1.29 is 0 Å². The van der Waals surface area contributed by atoms with Crippen LogP contribution in [0.15, 0.2) is 16.8 Å². The van der Waals surface area contributed by atoms with E-state index in [0.717, 1.165) is 13.1 Å². The van der Waals surface area contributed by atoms with Crippen molar-refractivity contribution in [3.8, 4) is 0 Å². The molecule has 84 valence electrons. The van der Waals surface area contributed by atoms with Crippen LogP contribution in [0.1, 0.15) is 31.2 Å². The van der Waals surface area contributed by atoms with E-state index >= 15 is 0 Å². The molecule has 0 bridgehead atoms. The molecule has 0 spiro atoms. The molecular formula is C12H20N2S. The number of hydrogen-bond donors (Lipinski definition) is 2. The lowest BCUT2D eigenvalue weighted by Gasteiger charge is -2.16. The third-order valence-corrected chi connectivity index (χ3v) is 3.69. The maximum Gasteiger partial charge on any atom is 0.0214 e. The van der Waals surface area contributed by atoms with Crippen LogP contribution >= 0.6 is 11.3 Å². The van der Waals surface area contributed by atoms with Gasteiger partial charge in [0.2, 0.25) is 0 Å². The molecule has 15 heavy (non-hydrogen) atoms. The first-order chi connectivity index (χ1) is 7.45. The van der Waals surface area contributed by atoms with Gasteiger partial charge in [-0.2, -0.15) is 11.3 Å². The molecule has 0 aromatic carbocycles. The minimum atomic E-state index is 0.686. The predicted molar refractivity (Wildman–Crippen MR) is 66.3 cm³/mol. The number of nitrogens with one attached hydrogen (secondary N) is 2. The summed E-state index contributed by atoms with van der Waals surface area (Å²) in [7, 11) is 0. The minimum absolute atomic E-state index is 0.686. The third-order valence-electron chi connectivity index (χ3n) is 2.96. The largest absolute Gasteiger partial charge is 0.313 e. The lowest BCUT2D eigenvalue weighted by Crippen LogP contribution is -2.37. The van der Waals surface area contributed by atoms with Crippen molar-refractivity contribution in [3.05, 3.63) is 22.4 Å². The molecule has 1 aromatic rings. The average molecular weight is 224 g/mol. The van der Waals surface area contributed by atoms with Crippen LogP contribution in [0.4, 0.5) is 0 Å². The first-order valence-corrected chi connectivity index (χ1v) is 6.84. The van der Waals surface area contributed by atoms with Crippen molar-refractivity contribution in [3.63, 3.8) is 0 Å². The molecule has 1 atom stereocenters. The lowest BCUT2D eigenvalue weighted by atomic mass is 10.1. The molecule has 2 rings (SSSR count). The molecule has 0 aliphatic carbocycles. The Morgan fingerprint density at radius 1 is 1.40 bits per heavy atom. The van der Waals surface area contributed by atoms with Crippen molar-refractivity contribution in [2.75, 3.05) is 13.1 Å². The first-order valence-electron chi connectivity index (χ1n) is 5.90. The van der Waals surface area contributed by atoms with Gasteiger partial charge >= 0.3 is 0 Å². The second-order valence-electron chi connectivity index (χ2n) is 4.26. The maximum atomic E-state index is 3.60. The fourth-order valence-corrected chi connectivity index (χ4v) is 2.73. The summed E-state index contributed by atoms with van der Waals surface area (Å²) in [4.78, 5) is 0. The van der Waals surface area contributed by atoms with E-state index in [-0.39, 0.29) is 0 Å². The van der Waals surface area contributed by atoms with E-state index in [1.807, 2.05) is 0 Å². The summed E-state index contributed by atoms with van der Waals surface area (Å²) in [6, 6.07) is 2.88. The van der Waals surface area contributed by atoms with Gasteiger partial charge in [-0.05, 0) is 41.8 Å². The summed E-state index contributed by atoms with van der Waals surface area (Å²) in [6.07, 6.45) is 5.46. The van der Waals surface area contributed by atoms with Crippen LogP contribution in [0.25, 0.3) is 0 Å². The fraction of sp³-hybridized carbons (Fsp3) is 0.667. The monoisotopic (exact) mass is 224 g/mol. The van der Waals surface area contributed by atoms with Crippen molar-refractivity contribution in [2.24, 2.45) is 0 Å². The van der Waals surface area contributed by atoms with Crippen molar-refractivity contribution in [1.29, 1.82) is 0 Å². The van der Waals surface area contributed by atoms with Crippen molar-refractivity contribution in [1.82, 2.24) is 10.6 Å². The Labute approximate surface area is 96.1 Å². The Morgan fingerprint density at radius 3 is 3.27 bits per heavy atom. The third kappa shape index (κ3) is 3.93. The number of rotatable bonds is 4. The molecule has 2 heterocycles. The van der Waals surface area contributed by atoms with Gasteiger partial charge in [-0.3, -0.25) is 0 Å². The Bertz CT molecular complexity index is 251. The van der Waals surface area contributed by atoms with Gasteiger partial charge in [0.1, 0.15) is 0 Å². The number of thiophene rings is 1. The van der Waals surface area contributed by atoms with Crippen molar-refractivity contribution in [2.45, 2.75) is 38.3 Å². The van der Waals surface area contributed by atoms with Gasteiger partial charge in [-0.25, -0.2) is 0 Å². The molecule has 1 aliphatic heterocycles. The molecular weight excluding hydrogens is 204 g/mol. The van der Waals surface area contributed by atoms with Gasteiger partial charge in [-0.15, -0.1) is 0 Å². The summed E-state index contributed by atoms with van der Waals surface area (Å²) in [5, 5.41) is 11.5. The van der Waals surface area contributed by atoms with E-state index in [1.165, 1.54) is 37.8 Å². The topological polar surface area (TPSA) is 24.1 Å². The van der Waals surface area contributed by atoms with Crippen LogP contribution in [-0.2, 0) is 6.54 Å². The van der Waals surface area contributed by atoms with E-state index in [9.17, 15) is 0 Å². The highest BCUT2D eigenvalue weighted by Crippen LogP contribution is 2.08. The molecule has 2 N–H and O–H groups in total. The molecule has 1 aliphatic rings. The Balaban J connectivity index is 1.64. The second-order valence-corrected chi connectivity index (χ2v) is 5.04. The van der Waals surface area contributed by atoms with E-state index < -0.39 is 0 Å². The zero-order chi connectivity index (χ0) is 10.3. The molecule has 3 heteroatoms. The van der Waals surface area contributed by atoms with Gasteiger partial charge in [0, 0.05) is 19.1 Å². The van der Waals surface area contributed by atoms with Gasteiger partial charge < -0.3 is 10.6 Å². The van der Waals surface area contributed by atoms with Crippen LogP contribution in [0.2, 0.25) is 0 Å². The zero-order valence-corrected chi connectivity index (χ0v) is 9.98. The highest BCUT2D eigenvalue weighted by atomic mass is 32.1.